The van der Waals surface area contributed by atoms with Crippen molar-refractivity contribution in [3.8, 4) is 0 Å². The fraction of sp³-hybridized carbons (Fsp3) is 0.500. The largest absolute Gasteiger partial charge is 0.481 e. The summed E-state index contributed by atoms with van der Waals surface area (Å²) in [6.45, 7) is 1.96. The smallest absolute Gasteiger partial charge is 0.309 e. The molecule has 0 amide bonds. The van der Waals surface area contributed by atoms with E-state index in [1.54, 1.807) is 11.6 Å². The second-order valence-electron chi connectivity index (χ2n) is 2.84. The number of hydrogen-bond acceptors (Lipinski definition) is 2. The van der Waals surface area contributed by atoms with Crippen LogP contribution in [0.25, 0.3) is 0 Å². The van der Waals surface area contributed by atoms with Crippen molar-refractivity contribution in [2.45, 2.75) is 19.8 Å². The predicted octanol–water partition coefficient (Wildman–Crippen LogP) is 1.27. The number of aliphatic carboxylic acids is 1. The Hall–Kier alpha value is -1.10. The van der Waals surface area contributed by atoms with E-state index in [1.165, 1.54) is 0 Å². The number of imidazole rings is 1. The summed E-state index contributed by atoms with van der Waals surface area (Å²) >= 11 is 5.00. The van der Waals surface area contributed by atoms with Crippen LogP contribution in [0, 0.1) is 4.77 Å². The minimum Gasteiger partial charge on any atom is -0.481 e. The molecule has 0 fully saturated rings. The molecule has 0 spiro atoms. The molecule has 0 radical (unpaired) electrons. The van der Waals surface area contributed by atoms with E-state index in [1.807, 2.05) is 6.92 Å². The number of carbonyl (C=O) groups is 1. The van der Waals surface area contributed by atoms with Gasteiger partial charge in [-0.3, -0.25) is 4.79 Å². The van der Waals surface area contributed by atoms with Gasteiger partial charge < -0.3 is 14.7 Å². The highest BCUT2D eigenvalue weighted by Crippen LogP contribution is 2.09. The van der Waals surface area contributed by atoms with E-state index < -0.39 is 5.97 Å². The number of H-pyrrole nitrogens is 1. The van der Waals surface area contributed by atoms with Crippen LogP contribution in [0.5, 0.6) is 0 Å². The lowest BCUT2D eigenvalue weighted by Gasteiger charge is -2.00. The summed E-state index contributed by atoms with van der Waals surface area (Å²) in [5.74, 6) is -0.834. The number of carboxylic acid groups (broad SMARTS) is 1. The van der Waals surface area contributed by atoms with Crippen LogP contribution in [0.15, 0.2) is 0 Å². The third-order valence-electron chi connectivity index (χ3n) is 1.99. The number of aromatic nitrogens is 2. The molecular formula is C8H12N2O2S. The molecule has 1 aromatic rings. The normalized spacial score (nSPS) is 10.3. The third kappa shape index (κ3) is 1.98. The molecule has 5 heteroatoms. The van der Waals surface area contributed by atoms with Crippen molar-refractivity contribution in [3.63, 3.8) is 0 Å². The van der Waals surface area contributed by atoms with Crippen LogP contribution in [0.1, 0.15) is 18.3 Å². The van der Waals surface area contributed by atoms with Crippen LogP contribution >= 0.6 is 12.2 Å². The first-order valence-corrected chi connectivity index (χ1v) is 4.45. The summed E-state index contributed by atoms with van der Waals surface area (Å²) in [7, 11) is 1.77. The Bertz CT molecular complexity index is 378. The third-order valence-corrected chi connectivity index (χ3v) is 2.36. The Morgan fingerprint density at radius 1 is 1.69 bits per heavy atom. The number of aryl methyl sites for hydroxylation is 1. The summed E-state index contributed by atoms with van der Waals surface area (Å²) in [5.41, 5.74) is 1.68. The number of aromatic amines is 1. The topological polar surface area (TPSA) is 58.0 Å². The maximum Gasteiger partial charge on any atom is 0.309 e. The van der Waals surface area contributed by atoms with Gasteiger partial charge in [-0.2, -0.15) is 0 Å². The Kier molecular flexibility index (Phi) is 2.87. The van der Waals surface area contributed by atoms with E-state index in [9.17, 15) is 4.79 Å². The van der Waals surface area contributed by atoms with Gasteiger partial charge in [0.1, 0.15) is 0 Å². The summed E-state index contributed by atoms with van der Waals surface area (Å²) in [4.78, 5) is 13.5. The van der Waals surface area contributed by atoms with Crippen molar-refractivity contribution in [2.75, 3.05) is 0 Å². The molecule has 0 saturated heterocycles. The summed E-state index contributed by atoms with van der Waals surface area (Å²) in [5, 5.41) is 8.66. The second kappa shape index (κ2) is 3.74. The lowest BCUT2D eigenvalue weighted by atomic mass is 10.2. The zero-order valence-corrected chi connectivity index (χ0v) is 8.44. The molecule has 1 rings (SSSR count). The number of carboxylic acids is 1. The molecule has 1 heterocycles. The molecular weight excluding hydrogens is 188 g/mol. The average Bonchev–Trinajstić information content (AvgIpc) is 2.31. The fourth-order valence-electron chi connectivity index (χ4n) is 1.27. The summed E-state index contributed by atoms with van der Waals surface area (Å²) < 4.78 is 2.29. The number of nitrogens with zero attached hydrogens (tertiary/aromatic N) is 1. The van der Waals surface area contributed by atoms with Crippen LogP contribution in [0.3, 0.4) is 0 Å². The van der Waals surface area contributed by atoms with Crippen LogP contribution in [-0.4, -0.2) is 20.6 Å². The van der Waals surface area contributed by atoms with Gasteiger partial charge in [-0.1, -0.05) is 6.92 Å². The van der Waals surface area contributed by atoms with Crippen molar-refractivity contribution in [3.05, 3.63) is 16.2 Å². The molecule has 0 aliphatic carbocycles. The molecule has 72 valence electrons. The molecule has 0 aliphatic rings. The summed E-state index contributed by atoms with van der Waals surface area (Å²) in [6.07, 6.45) is 0.792. The second-order valence-corrected chi connectivity index (χ2v) is 3.23. The van der Waals surface area contributed by atoms with Crippen LogP contribution in [-0.2, 0) is 24.7 Å². The predicted molar refractivity (Wildman–Crippen MR) is 51.3 cm³/mol. The molecule has 2 N–H and O–H groups in total. The molecule has 0 bridgehead atoms. The van der Waals surface area contributed by atoms with Gasteiger partial charge in [-0.05, 0) is 18.6 Å². The first-order chi connectivity index (χ1) is 6.06. The molecule has 0 unspecified atom stereocenters. The van der Waals surface area contributed by atoms with Gasteiger partial charge >= 0.3 is 5.97 Å². The van der Waals surface area contributed by atoms with E-state index in [-0.39, 0.29) is 6.42 Å². The van der Waals surface area contributed by atoms with Crippen molar-refractivity contribution in [1.82, 2.24) is 9.55 Å². The SMILES string of the molecule is CCc1[nH]c(=S)n(C)c1CC(=O)O. The van der Waals surface area contributed by atoms with E-state index in [4.69, 9.17) is 17.3 Å². The van der Waals surface area contributed by atoms with Crippen LogP contribution in [0.4, 0.5) is 0 Å². The van der Waals surface area contributed by atoms with Gasteiger partial charge in [0.25, 0.3) is 0 Å². The quantitative estimate of drug-likeness (QED) is 0.722. The number of nitrogens with one attached hydrogen (secondary N) is 1. The Morgan fingerprint density at radius 2 is 2.31 bits per heavy atom. The van der Waals surface area contributed by atoms with Gasteiger partial charge in [-0.25, -0.2) is 0 Å². The van der Waals surface area contributed by atoms with E-state index in [0.717, 1.165) is 17.8 Å². The average molecular weight is 200 g/mol. The van der Waals surface area contributed by atoms with Gasteiger partial charge in [-0.15, -0.1) is 0 Å². The Balaban J connectivity index is 3.16. The van der Waals surface area contributed by atoms with Gasteiger partial charge in [0, 0.05) is 12.7 Å². The lowest BCUT2D eigenvalue weighted by molar-refractivity contribution is -0.136. The Labute approximate surface area is 81.2 Å². The monoisotopic (exact) mass is 200 g/mol. The Morgan fingerprint density at radius 3 is 2.77 bits per heavy atom. The van der Waals surface area contributed by atoms with Gasteiger partial charge in [0.15, 0.2) is 4.77 Å². The van der Waals surface area contributed by atoms with Crippen LogP contribution in [0.2, 0.25) is 0 Å². The minimum atomic E-state index is -0.834. The minimum absolute atomic E-state index is 0.0206. The molecule has 0 aromatic carbocycles. The van der Waals surface area contributed by atoms with Crippen LogP contribution < -0.4 is 0 Å². The summed E-state index contributed by atoms with van der Waals surface area (Å²) in [6, 6.07) is 0. The maximum atomic E-state index is 10.5. The highest BCUT2D eigenvalue weighted by atomic mass is 32.1. The molecule has 1 aromatic heterocycles. The molecule has 0 aliphatic heterocycles. The number of hydrogen-bond donors (Lipinski definition) is 2. The number of rotatable bonds is 3. The lowest BCUT2D eigenvalue weighted by Crippen LogP contribution is -2.07. The fourth-order valence-corrected chi connectivity index (χ4v) is 1.50. The standard InChI is InChI=1S/C8H12N2O2S/c1-3-5-6(4-7(11)12)10(2)8(13)9-5/h3-4H2,1-2H3,(H,9,13)(H,11,12). The van der Waals surface area contributed by atoms with E-state index in [0.29, 0.717) is 4.77 Å². The highest BCUT2D eigenvalue weighted by Gasteiger charge is 2.10. The maximum absolute atomic E-state index is 10.5. The van der Waals surface area contributed by atoms with E-state index >= 15 is 0 Å². The first kappa shape index (κ1) is 9.98. The van der Waals surface area contributed by atoms with Crippen molar-refractivity contribution >= 4 is 18.2 Å². The van der Waals surface area contributed by atoms with Gasteiger partial charge in [0.05, 0.1) is 12.1 Å². The highest BCUT2D eigenvalue weighted by molar-refractivity contribution is 7.71. The molecule has 4 nitrogen and oxygen atoms in total. The van der Waals surface area contributed by atoms with Crippen molar-refractivity contribution in [1.29, 1.82) is 0 Å². The van der Waals surface area contributed by atoms with E-state index in [2.05, 4.69) is 4.98 Å². The van der Waals surface area contributed by atoms with Gasteiger partial charge in [0.2, 0.25) is 0 Å². The zero-order valence-electron chi connectivity index (χ0n) is 7.63. The van der Waals surface area contributed by atoms with Crippen molar-refractivity contribution < 1.29 is 9.90 Å². The zero-order chi connectivity index (χ0) is 10.0. The molecule has 0 saturated carbocycles. The van der Waals surface area contributed by atoms with Crippen molar-refractivity contribution in [2.24, 2.45) is 7.05 Å². The first-order valence-electron chi connectivity index (χ1n) is 4.04. The molecule has 0 atom stereocenters. The molecule has 13 heavy (non-hydrogen) atoms.